The Bertz CT molecular complexity index is 1000. The highest BCUT2D eigenvalue weighted by Gasteiger charge is 2.23. The van der Waals surface area contributed by atoms with Crippen LogP contribution in [0, 0.1) is 11.3 Å². The highest BCUT2D eigenvalue weighted by molar-refractivity contribution is 7.88. The minimum Gasteiger partial charge on any atom is -0.352 e. The summed E-state index contributed by atoms with van der Waals surface area (Å²) in [6.07, 6.45) is 2.93. The number of halogens is 2. The van der Waals surface area contributed by atoms with Gasteiger partial charge in [0.15, 0.2) is 0 Å². The van der Waals surface area contributed by atoms with Crippen LogP contribution >= 0.6 is 24.0 Å². The molecule has 0 radical (unpaired) electrons. The Labute approximate surface area is 176 Å². The summed E-state index contributed by atoms with van der Waals surface area (Å²) in [4.78, 5) is 3.95. The zero-order valence-electron chi connectivity index (χ0n) is 15.2. The fourth-order valence-electron chi connectivity index (χ4n) is 2.88. The fraction of sp³-hybridized carbons (Fsp3) is 0.211. The lowest BCUT2D eigenvalue weighted by Crippen LogP contribution is -2.33. The molecule has 0 saturated carbocycles. The smallest absolute Gasteiger partial charge is 0.230 e. The second-order valence-electron chi connectivity index (χ2n) is 6.41. The van der Waals surface area contributed by atoms with E-state index in [-0.39, 0.29) is 12.4 Å². The molecule has 1 heterocycles. The molecule has 0 unspecified atom stereocenters. The number of rotatable bonds is 6. The third-order valence-electron chi connectivity index (χ3n) is 4.02. The molecule has 1 aliphatic rings. The van der Waals surface area contributed by atoms with Crippen molar-refractivity contribution >= 4 is 34.0 Å². The lowest BCUT2D eigenvalue weighted by molar-refractivity contribution is 0.240. The average Bonchev–Trinajstić information content (AvgIpc) is 2.94. The monoisotopic (exact) mass is 438 g/mol. The van der Waals surface area contributed by atoms with Crippen LogP contribution in [-0.2, 0) is 23.1 Å². The second kappa shape index (κ2) is 9.20. The molecule has 0 aromatic heterocycles. The molecular weight excluding hydrogens is 419 g/mol. The molecule has 28 heavy (non-hydrogen) atoms. The maximum Gasteiger partial charge on any atom is 0.230 e. The van der Waals surface area contributed by atoms with Crippen LogP contribution in [0.4, 0.5) is 0 Å². The summed E-state index contributed by atoms with van der Waals surface area (Å²) >= 11 is 6.05. The SMILES string of the molecule is CS(=O)(=O)NC1=CN(Cc2cccc(Cl)c2)CN1Cc1ccc(C#N)cc1.Cl. The summed E-state index contributed by atoms with van der Waals surface area (Å²) in [7, 11) is -3.40. The first kappa shape index (κ1) is 21.9. The highest BCUT2D eigenvalue weighted by Crippen LogP contribution is 2.21. The molecule has 0 atom stereocenters. The third-order valence-corrected chi connectivity index (χ3v) is 4.83. The van der Waals surface area contributed by atoms with E-state index >= 15 is 0 Å². The van der Waals surface area contributed by atoms with Gasteiger partial charge in [0.2, 0.25) is 10.0 Å². The van der Waals surface area contributed by atoms with Crippen LogP contribution in [-0.4, -0.2) is 31.1 Å². The van der Waals surface area contributed by atoms with Gasteiger partial charge in [0.25, 0.3) is 0 Å². The van der Waals surface area contributed by atoms with Gasteiger partial charge in [-0.3, -0.25) is 4.72 Å². The van der Waals surface area contributed by atoms with E-state index in [4.69, 9.17) is 16.9 Å². The lowest BCUT2D eigenvalue weighted by Gasteiger charge is -2.24. The van der Waals surface area contributed by atoms with Gasteiger partial charge < -0.3 is 9.80 Å². The zero-order chi connectivity index (χ0) is 19.4. The van der Waals surface area contributed by atoms with Crippen molar-refractivity contribution < 1.29 is 8.42 Å². The van der Waals surface area contributed by atoms with Gasteiger partial charge in [-0.05, 0) is 35.4 Å². The Hall–Kier alpha value is -2.40. The van der Waals surface area contributed by atoms with E-state index in [1.54, 1.807) is 18.3 Å². The summed E-state index contributed by atoms with van der Waals surface area (Å²) in [5.41, 5.74) is 2.62. The summed E-state index contributed by atoms with van der Waals surface area (Å²) in [5, 5.41) is 9.58. The number of nitrogens with zero attached hydrogens (tertiary/aromatic N) is 3. The minimum atomic E-state index is -3.40. The molecule has 1 N–H and O–H groups in total. The van der Waals surface area contributed by atoms with E-state index in [0.717, 1.165) is 17.4 Å². The molecule has 6 nitrogen and oxygen atoms in total. The molecule has 3 rings (SSSR count). The molecule has 148 valence electrons. The summed E-state index contributed by atoms with van der Waals surface area (Å²) in [6.45, 7) is 1.66. The van der Waals surface area contributed by atoms with Gasteiger partial charge in [0.1, 0.15) is 5.82 Å². The van der Waals surface area contributed by atoms with Crippen molar-refractivity contribution in [2.24, 2.45) is 0 Å². The number of benzene rings is 2. The number of hydrogen-bond donors (Lipinski definition) is 1. The van der Waals surface area contributed by atoms with Crippen LogP contribution in [0.25, 0.3) is 0 Å². The number of hydrogen-bond acceptors (Lipinski definition) is 5. The Balaban J connectivity index is 0.00000280. The first-order valence-electron chi connectivity index (χ1n) is 8.24. The molecular formula is C19H20Cl2N4O2S. The molecule has 0 amide bonds. The van der Waals surface area contributed by atoms with E-state index in [1.165, 1.54) is 0 Å². The van der Waals surface area contributed by atoms with Crippen molar-refractivity contribution in [1.29, 1.82) is 5.26 Å². The maximum atomic E-state index is 11.7. The number of nitrogens with one attached hydrogen (secondary N) is 1. The summed E-state index contributed by atoms with van der Waals surface area (Å²) in [5.74, 6) is 0.517. The molecule has 0 bridgehead atoms. The van der Waals surface area contributed by atoms with Gasteiger partial charge in [-0.2, -0.15) is 5.26 Å². The molecule has 2 aromatic carbocycles. The molecule has 0 saturated heterocycles. The van der Waals surface area contributed by atoms with E-state index in [2.05, 4.69) is 10.8 Å². The number of nitriles is 1. The predicted molar refractivity (Wildman–Crippen MR) is 112 cm³/mol. The van der Waals surface area contributed by atoms with Gasteiger partial charge in [-0.25, -0.2) is 8.42 Å². The van der Waals surface area contributed by atoms with Crippen molar-refractivity contribution in [3.63, 3.8) is 0 Å². The van der Waals surface area contributed by atoms with E-state index in [0.29, 0.717) is 36.2 Å². The maximum absolute atomic E-state index is 11.7. The van der Waals surface area contributed by atoms with Crippen LogP contribution in [0.2, 0.25) is 5.02 Å². The van der Waals surface area contributed by atoms with Gasteiger partial charge in [-0.1, -0.05) is 35.9 Å². The first-order valence-corrected chi connectivity index (χ1v) is 10.5. The molecule has 0 fully saturated rings. The number of sulfonamides is 1. The van der Waals surface area contributed by atoms with Crippen LogP contribution in [0.15, 0.2) is 60.6 Å². The van der Waals surface area contributed by atoms with Crippen molar-refractivity contribution in [3.05, 3.63) is 82.3 Å². The predicted octanol–water partition coefficient (Wildman–Crippen LogP) is 3.26. The van der Waals surface area contributed by atoms with Gasteiger partial charge in [-0.15, -0.1) is 12.4 Å². The zero-order valence-corrected chi connectivity index (χ0v) is 17.6. The molecule has 0 aliphatic carbocycles. The quantitative estimate of drug-likeness (QED) is 0.748. The normalized spacial score (nSPS) is 13.5. The Morgan fingerprint density at radius 2 is 1.86 bits per heavy atom. The molecule has 1 aliphatic heterocycles. The van der Waals surface area contributed by atoms with Crippen LogP contribution < -0.4 is 4.72 Å². The van der Waals surface area contributed by atoms with Gasteiger partial charge >= 0.3 is 0 Å². The molecule has 2 aromatic rings. The Kier molecular flexibility index (Phi) is 7.19. The van der Waals surface area contributed by atoms with Crippen LogP contribution in [0.5, 0.6) is 0 Å². The van der Waals surface area contributed by atoms with E-state index in [9.17, 15) is 8.42 Å². The van der Waals surface area contributed by atoms with E-state index < -0.39 is 10.0 Å². The van der Waals surface area contributed by atoms with Gasteiger partial charge in [0.05, 0.1) is 24.6 Å². The first-order chi connectivity index (χ1) is 12.8. The Morgan fingerprint density at radius 1 is 1.14 bits per heavy atom. The van der Waals surface area contributed by atoms with Crippen LogP contribution in [0.1, 0.15) is 16.7 Å². The topological polar surface area (TPSA) is 76.4 Å². The van der Waals surface area contributed by atoms with Crippen LogP contribution in [0.3, 0.4) is 0 Å². The summed E-state index contributed by atoms with van der Waals surface area (Å²) < 4.78 is 26.0. The standard InChI is InChI=1S/C19H19ClN4O2S.ClH/c1-27(25,26)22-19-13-23(11-17-3-2-4-18(20)9-17)14-24(19)12-16-7-5-15(10-21)6-8-16;/h2-9,13,22H,11-12,14H2,1H3;1H. The van der Waals surface area contributed by atoms with Crippen molar-refractivity contribution in [3.8, 4) is 6.07 Å². The van der Waals surface area contributed by atoms with E-state index in [1.807, 2.05) is 46.2 Å². The molecule has 9 heteroatoms. The van der Waals surface area contributed by atoms with Crippen molar-refractivity contribution in [1.82, 2.24) is 14.5 Å². The largest absolute Gasteiger partial charge is 0.352 e. The molecule has 0 spiro atoms. The average molecular weight is 439 g/mol. The summed E-state index contributed by atoms with van der Waals surface area (Å²) in [6, 6.07) is 16.9. The third kappa shape index (κ3) is 6.06. The van der Waals surface area contributed by atoms with Crippen molar-refractivity contribution in [2.75, 3.05) is 12.9 Å². The Morgan fingerprint density at radius 3 is 2.46 bits per heavy atom. The second-order valence-corrected chi connectivity index (χ2v) is 8.60. The fourth-order valence-corrected chi connectivity index (χ4v) is 3.65. The lowest BCUT2D eigenvalue weighted by atomic mass is 10.1. The van der Waals surface area contributed by atoms with Gasteiger partial charge in [0, 0.05) is 24.3 Å². The highest BCUT2D eigenvalue weighted by atomic mass is 35.5. The minimum absolute atomic E-state index is 0. The van der Waals surface area contributed by atoms with Crippen molar-refractivity contribution in [2.45, 2.75) is 13.1 Å².